The monoisotopic (exact) mass is 349 g/mol. The number of aromatic nitrogens is 1. The number of fused-ring (bicyclic) bond motifs is 1. The van der Waals surface area contributed by atoms with E-state index in [1.165, 1.54) is 6.26 Å². The maximum atomic E-state index is 12.9. The summed E-state index contributed by atoms with van der Waals surface area (Å²) in [4.78, 5) is 26.9. The Morgan fingerprint density at radius 1 is 1.12 bits per heavy atom. The van der Waals surface area contributed by atoms with Gasteiger partial charge in [-0.1, -0.05) is 30.3 Å². The zero-order valence-corrected chi connectivity index (χ0v) is 14.2. The number of hydrogen-bond donors (Lipinski definition) is 1. The fourth-order valence-electron chi connectivity index (χ4n) is 3.27. The van der Waals surface area contributed by atoms with Crippen molar-refractivity contribution < 1.29 is 14.0 Å². The van der Waals surface area contributed by atoms with E-state index in [1.54, 1.807) is 12.1 Å². The van der Waals surface area contributed by atoms with E-state index in [2.05, 4.69) is 5.32 Å². The minimum absolute atomic E-state index is 0.0256. The maximum absolute atomic E-state index is 12.9. The van der Waals surface area contributed by atoms with Gasteiger partial charge in [0.25, 0.3) is 11.8 Å². The molecule has 1 N–H and O–H groups in total. The van der Waals surface area contributed by atoms with E-state index in [1.807, 2.05) is 58.1 Å². The Balaban J connectivity index is 1.53. The number of furan rings is 1. The first-order chi connectivity index (χ1) is 12.7. The lowest BCUT2D eigenvalue weighted by Gasteiger charge is -2.36. The number of nitrogens with zero attached hydrogens (tertiary/aromatic N) is 2. The molecule has 1 aliphatic heterocycles. The Hall–Kier alpha value is -3.28. The topological polar surface area (TPSA) is 67.5 Å². The number of carbonyl (C=O) groups excluding carboxylic acids is 2. The molecule has 6 heteroatoms. The number of amides is 2. The molecule has 0 fully saturated rings. The van der Waals surface area contributed by atoms with Gasteiger partial charge in [-0.25, -0.2) is 0 Å². The minimum Gasteiger partial charge on any atom is -0.459 e. The second-order valence-electron chi connectivity index (χ2n) is 6.31. The average molecular weight is 349 g/mol. The van der Waals surface area contributed by atoms with Crippen molar-refractivity contribution in [2.75, 3.05) is 6.54 Å². The molecule has 3 heterocycles. The lowest BCUT2D eigenvalue weighted by atomic mass is 10.1. The van der Waals surface area contributed by atoms with E-state index in [0.29, 0.717) is 25.3 Å². The number of nitrogens with one attached hydrogen (secondary N) is 1. The van der Waals surface area contributed by atoms with Crippen LogP contribution in [0.25, 0.3) is 0 Å². The fourth-order valence-corrected chi connectivity index (χ4v) is 3.27. The van der Waals surface area contributed by atoms with Crippen molar-refractivity contribution in [3.63, 3.8) is 0 Å². The van der Waals surface area contributed by atoms with Crippen molar-refractivity contribution in [3.05, 3.63) is 84.1 Å². The first-order valence-corrected chi connectivity index (χ1v) is 8.54. The quantitative estimate of drug-likeness (QED) is 0.770. The van der Waals surface area contributed by atoms with Crippen LogP contribution in [-0.4, -0.2) is 33.9 Å². The molecule has 0 bridgehead atoms. The van der Waals surface area contributed by atoms with Crippen LogP contribution in [0.2, 0.25) is 0 Å². The van der Waals surface area contributed by atoms with Crippen LogP contribution in [-0.2, 0) is 13.1 Å². The highest BCUT2D eigenvalue weighted by molar-refractivity contribution is 5.94. The fraction of sp³-hybridized carbons (Fsp3) is 0.200. The Kier molecular flexibility index (Phi) is 4.31. The first-order valence-electron chi connectivity index (χ1n) is 8.54. The van der Waals surface area contributed by atoms with E-state index < -0.39 is 0 Å². The largest absolute Gasteiger partial charge is 0.459 e. The van der Waals surface area contributed by atoms with Crippen molar-refractivity contribution in [1.82, 2.24) is 14.8 Å². The van der Waals surface area contributed by atoms with Gasteiger partial charge < -0.3 is 19.2 Å². The normalized spacial score (nSPS) is 16.4. The third-order valence-corrected chi connectivity index (χ3v) is 4.60. The van der Waals surface area contributed by atoms with Gasteiger partial charge in [-0.05, 0) is 29.8 Å². The third-order valence-electron chi connectivity index (χ3n) is 4.60. The lowest BCUT2D eigenvalue weighted by Crippen LogP contribution is -2.52. The van der Waals surface area contributed by atoms with Gasteiger partial charge in [0, 0.05) is 25.8 Å². The standard InChI is InChI=1S/C20H19N3O3/c24-19(18-9-5-11-26-18)21-12-16-14-22-10-4-8-17(22)20(25)23(16)13-15-6-2-1-3-7-15/h1-11,16H,12-14H2,(H,21,24). The van der Waals surface area contributed by atoms with E-state index in [0.717, 1.165) is 5.56 Å². The molecule has 2 aromatic heterocycles. The average Bonchev–Trinajstić information content (AvgIpc) is 3.35. The van der Waals surface area contributed by atoms with Crippen LogP contribution < -0.4 is 5.32 Å². The van der Waals surface area contributed by atoms with E-state index >= 15 is 0 Å². The predicted molar refractivity (Wildman–Crippen MR) is 95.6 cm³/mol. The lowest BCUT2D eigenvalue weighted by molar-refractivity contribution is 0.0561. The molecule has 3 aromatic rings. The molecule has 26 heavy (non-hydrogen) atoms. The maximum Gasteiger partial charge on any atom is 0.287 e. The summed E-state index contributed by atoms with van der Waals surface area (Å²) in [5, 5.41) is 2.87. The molecule has 6 nitrogen and oxygen atoms in total. The molecule has 132 valence electrons. The summed E-state index contributed by atoms with van der Waals surface area (Å²) in [5.74, 6) is -0.0360. The highest BCUT2D eigenvalue weighted by atomic mass is 16.3. The first kappa shape index (κ1) is 16.2. The summed E-state index contributed by atoms with van der Waals surface area (Å²) >= 11 is 0. The highest BCUT2D eigenvalue weighted by Gasteiger charge is 2.32. The summed E-state index contributed by atoms with van der Waals surface area (Å²) in [6.45, 7) is 1.50. The predicted octanol–water partition coefficient (Wildman–Crippen LogP) is 2.54. The van der Waals surface area contributed by atoms with Gasteiger partial charge in [-0.15, -0.1) is 0 Å². The molecule has 2 amide bonds. The van der Waals surface area contributed by atoms with Gasteiger partial charge in [0.05, 0.1) is 12.3 Å². The molecule has 4 rings (SSSR count). The van der Waals surface area contributed by atoms with Crippen molar-refractivity contribution in [3.8, 4) is 0 Å². The summed E-state index contributed by atoms with van der Waals surface area (Å²) in [6.07, 6.45) is 3.36. The van der Waals surface area contributed by atoms with Crippen LogP contribution in [0, 0.1) is 0 Å². The van der Waals surface area contributed by atoms with Crippen molar-refractivity contribution >= 4 is 11.8 Å². The number of hydrogen-bond acceptors (Lipinski definition) is 3. The van der Waals surface area contributed by atoms with E-state index in [-0.39, 0.29) is 23.6 Å². The summed E-state index contributed by atoms with van der Waals surface area (Å²) in [6, 6.07) is 16.7. The highest BCUT2D eigenvalue weighted by Crippen LogP contribution is 2.21. The Morgan fingerprint density at radius 3 is 2.73 bits per heavy atom. The van der Waals surface area contributed by atoms with E-state index in [9.17, 15) is 9.59 Å². The van der Waals surface area contributed by atoms with Crippen LogP contribution in [0.3, 0.4) is 0 Å². The molecular weight excluding hydrogens is 330 g/mol. The third kappa shape index (κ3) is 3.13. The zero-order chi connectivity index (χ0) is 17.9. The summed E-state index contributed by atoms with van der Waals surface area (Å²) in [5.41, 5.74) is 1.73. The van der Waals surface area contributed by atoms with Gasteiger partial charge >= 0.3 is 0 Å². The smallest absolute Gasteiger partial charge is 0.287 e. The SMILES string of the molecule is O=C(NCC1Cn2cccc2C(=O)N1Cc1ccccc1)c1ccco1. The Labute approximate surface area is 151 Å². The number of rotatable bonds is 5. The minimum atomic E-state index is -0.277. The molecular formula is C20H19N3O3. The van der Waals surface area contributed by atoms with E-state index in [4.69, 9.17) is 4.42 Å². The van der Waals surface area contributed by atoms with Crippen LogP contribution in [0.5, 0.6) is 0 Å². The van der Waals surface area contributed by atoms with Gasteiger partial charge in [0.2, 0.25) is 0 Å². The van der Waals surface area contributed by atoms with Gasteiger partial charge in [0.1, 0.15) is 5.69 Å². The summed E-state index contributed by atoms with van der Waals surface area (Å²) in [7, 11) is 0. The van der Waals surface area contributed by atoms with Gasteiger partial charge in [-0.2, -0.15) is 0 Å². The van der Waals surface area contributed by atoms with Crippen LogP contribution in [0.15, 0.2) is 71.5 Å². The molecule has 0 saturated heterocycles. The van der Waals surface area contributed by atoms with Crippen molar-refractivity contribution in [2.24, 2.45) is 0 Å². The van der Waals surface area contributed by atoms with Crippen LogP contribution >= 0.6 is 0 Å². The molecule has 0 radical (unpaired) electrons. The number of carbonyl (C=O) groups is 2. The zero-order valence-electron chi connectivity index (χ0n) is 14.2. The molecule has 0 aliphatic carbocycles. The molecule has 0 saturated carbocycles. The van der Waals surface area contributed by atoms with Gasteiger partial charge in [0.15, 0.2) is 5.76 Å². The van der Waals surface area contributed by atoms with Crippen molar-refractivity contribution in [2.45, 2.75) is 19.1 Å². The van der Waals surface area contributed by atoms with Gasteiger partial charge in [-0.3, -0.25) is 9.59 Å². The molecule has 1 aliphatic rings. The number of benzene rings is 1. The Morgan fingerprint density at radius 2 is 1.96 bits per heavy atom. The second kappa shape index (κ2) is 6.92. The Bertz CT molecular complexity index is 900. The molecule has 0 spiro atoms. The molecule has 1 unspecified atom stereocenters. The molecule has 1 atom stereocenters. The second-order valence-corrected chi connectivity index (χ2v) is 6.31. The van der Waals surface area contributed by atoms with Crippen molar-refractivity contribution in [1.29, 1.82) is 0 Å². The molecule has 1 aromatic carbocycles. The van der Waals surface area contributed by atoms with Crippen LogP contribution in [0.1, 0.15) is 26.6 Å². The summed E-state index contributed by atoms with van der Waals surface area (Å²) < 4.78 is 7.06. The van der Waals surface area contributed by atoms with Crippen LogP contribution in [0.4, 0.5) is 0 Å².